The van der Waals surface area contributed by atoms with Gasteiger partial charge in [-0.15, -0.1) is 0 Å². The minimum Gasteiger partial charge on any atom is -0.469 e. The maximum absolute atomic E-state index is 11.9. The number of hydrogen-bond donors (Lipinski definition) is 0. The Morgan fingerprint density at radius 2 is 2.05 bits per heavy atom. The van der Waals surface area contributed by atoms with E-state index < -0.39 is 9.84 Å². The molecular weight excluding hydrogens is 270 g/mol. The molecular formula is C12H21NO5S. The fourth-order valence-corrected chi connectivity index (χ4v) is 3.98. The van der Waals surface area contributed by atoms with E-state index in [1.807, 2.05) is 0 Å². The number of ether oxygens (including phenoxy) is 1. The standard InChI is InChI=1S/C12H21NO5S/c1-13(6-3-4-12(15)18-2)11(14)8-10-5-7-19(16,17)9-10/h10H,3-9H2,1-2H3. The van der Waals surface area contributed by atoms with Crippen LogP contribution in [0, 0.1) is 5.92 Å². The van der Waals surface area contributed by atoms with E-state index in [2.05, 4.69) is 4.74 Å². The van der Waals surface area contributed by atoms with Gasteiger partial charge in [0.1, 0.15) is 0 Å². The lowest BCUT2D eigenvalue weighted by molar-refractivity contribution is -0.141. The molecule has 0 aromatic heterocycles. The number of methoxy groups -OCH3 is 1. The summed E-state index contributed by atoms with van der Waals surface area (Å²) in [7, 11) is 0.0705. The third-order valence-corrected chi connectivity index (χ3v) is 5.15. The summed E-state index contributed by atoms with van der Waals surface area (Å²) in [5.74, 6) is -0.0959. The van der Waals surface area contributed by atoms with Gasteiger partial charge in [0.05, 0.1) is 18.6 Å². The Morgan fingerprint density at radius 3 is 2.58 bits per heavy atom. The van der Waals surface area contributed by atoms with Crippen LogP contribution in [0.4, 0.5) is 0 Å². The number of nitrogens with zero attached hydrogens (tertiary/aromatic N) is 1. The molecule has 0 N–H and O–H groups in total. The summed E-state index contributed by atoms with van der Waals surface area (Å²) in [5.41, 5.74) is 0. The second kappa shape index (κ2) is 6.88. The number of rotatable bonds is 6. The van der Waals surface area contributed by atoms with Gasteiger partial charge < -0.3 is 9.64 Å². The Bertz CT molecular complexity index is 431. The van der Waals surface area contributed by atoms with Crippen molar-refractivity contribution in [2.45, 2.75) is 25.7 Å². The molecule has 0 bridgehead atoms. The van der Waals surface area contributed by atoms with Gasteiger partial charge in [-0.3, -0.25) is 9.59 Å². The highest BCUT2D eigenvalue weighted by molar-refractivity contribution is 7.91. The molecule has 6 nitrogen and oxygen atoms in total. The maximum atomic E-state index is 11.9. The Hall–Kier alpha value is -1.11. The van der Waals surface area contributed by atoms with Gasteiger partial charge in [-0.05, 0) is 18.8 Å². The van der Waals surface area contributed by atoms with Gasteiger partial charge in [0.25, 0.3) is 0 Å². The normalized spacial score (nSPS) is 21.1. The Balaban J connectivity index is 2.27. The molecule has 0 aromatic rings. The minimum absolute atomic E-state index is 0.0550. The van der Waals surface area contributed by atoms with E-state index in [0.29, 0.717) is 19.4 Å². The predicted octanol–water partition coefficient (Wildman–Crippen LogP) is 0.223. The SMILES string of the molecule is COC(=O)CCCN(C)C(=O)CC1CCS(=O)(=O)C1. The third-order valence-electron chi connectivity index (χ3n) is 3.32. The van der Waals surface area contributed by atoms with Gasteiger partial charge >= 0.3 is 5.97 Å². The van der Waals surface area contributed by atoms with E-state index in [-0.39, 0.29) is 42.1 Å². The molecule has 0 aromatic carbocycles. The lowest BCUT2D eigenvalue weighted by Crippen LogP contribution is -2.30. The van der Waals surface area contributed by atoms with Crippen LogP contribution in [-0.2, 0) is 24.2 Å². The van der Waals surface area contributed by atoms with Gasteiger partial charge in [-0.1, -0.05) is 0 Å². The molecule has 19 heavy (non-hydrogen) atoms. The van der Waals surface area contributed by atoms with E-state index in [0.717, 1.165) is 0 Å². The average Bonchev–Trinajstić information content (AvgIpc) is 2.68. The highest BCUT2D eigenvalue weighted by Gasteiger charge is 2.30. The van der Waals surface area contributed by atoms with Gasteiger partial charge in [0.2, 0.25) is 5.91 Å². The summed E-state index contributed by atoms with van der Waals surface area (Å²) < 4.78 is 27.1. The lowest BCUT2D eigenvalue weighted by Gasteiger charge is -2.18. The van der Waals surface area contributed by atoms with Gasteiger partial charge in [-0.2, -0.15) is 0 Å². The van der Waals surface area contributed by atoms with Crippen molar-refractivity contribution in [1.29, 1.82) is 0 Å². The van der Waals surface area contributed by atoms with Gasteiger partial charge in [-0.25, -0.2) is 8.42 Å². The summed E-state index contributed by atoms with van der Waals surface area (Å²) in [6, 6.07) is 0. The van der Waals surface area contributed by atoms with Crippen molar-refractivity contribution < 1.29 is 22.7 Å². The molecule has 1 saturated heterocycles. The van der Waals surface area contributed by atoms with Crippen LogP contribution in [0.15, 0.2) is 0 Å². The summed E-state index contributed by atoms with van der Waals surface area (Å²) in [6.07, 6.45) is 1.68. The molecule has 1 fully saturated rings. The van der Waals surface area contributed by atoms with E-state index in [4.69, 9.17) is 0 Å². The van der Waals surface area contributed by atoms with Crippen molar-refractivity contribution in [1.82, 2.24) is 4.90 Å². The van der Waals surface area contributed by atoms with Gasteiger partial charge in [0, 0.05) is 26.4 Å². The largest absolute Gasteiger partial charge is 0.469 e. The van der Waals surface area contributed by atoms with Crippen molar-refractivity contribution in [3.8, 4) is 0 Å². The van der Waals surface area contributed by atoms with Crippen LogP contribution in [0.25, 0.3) is 0 Å². The lowest BCUT2D eigenvalue weighted by atomic mass is 10.0. The molecule has 0 radical (unpaired) electrons. The number of carbonyl (C=O) groups excluding carboxylic acids is 2. The highest BCUT2D eigenvalue weighted by Crippen LogP contribution is 2.22. The second-order valence-corrected chi connectivity index (χ2v) is 7.20. The quantitative estimate of drug-likeness (QED) is 0.654. The first-order chi connectivity index (χ1) is 8.84. The van der Waals surface area contributed by atoms with Crippen molar-refractivity contribution in [3.63, 3.8) is 0 Å². The summed E-state index contributed by atoms with van der Waals surface area (Å²) >= 11 is 0. The Kier molecular flexibility index (Phi) is 5.78. The Morgan fingerprint density at radius 1 is 1.37 bits per heavy atom. The topological polar surface area (TPSA) is 80.8 Å². The second-order valence-electron chi connectivity index (χ2n) is 4.97. The molecule has 0 spiro atoms. The van der Waals surface area contributed by atoms with E-state index in [9.17, 15) is 18.0 Å². The molecule has 0 saturated carbocycles. The van der Waals surface area contributed by atoms with E-state index >= 15 is 0 Å². The molecule has 1 aliphatic rings. The van der Waals surface area contributed by atoms with Crippen molar-refractivity contribution in [2.75, 3.05) is 32.2 Å². The average molecular weight is 291 g/mol. The first-order valence-corrected chi connectivity index (χ1v) is 8.17. The molecule has 1 atom stereocenters. The zero-order chi connectivity index (χ0) is 14.5. The molecule has 1 heterocycles. The molecule has 1 amide bonds. The number of sulfone groups is 1. The first-order valence-electron chi connectivity index (χ1n) is 6.35. The number of carbonyl (C=O) groups is 2. The first kappa shape index (κ1) is 15.9. The van der Waals surface area contributed by atoms with Gasteiger partial charge in [0.15, 0.2) is 9.84 Å². The van der Waals surface area contributed by atoms with E-state index in [1.54, 1.807) is 11.9 Å². The zero-order valence-electron chi connectivity index (χ0n) is 11.4. The van der Waals surface area contributed by atoms with Crippen molar-refractivity contribution >= 4 is 21.7 Å². The molecule has 1 rings (SSSR count). The smallest absolute Gasteiger partial charge is 0.305 e. The maximum Gasteiger partial charge on any atom is 0.305 e. The van der Waals surface area contributed by atoms with Crippen LogP contribution >= 0.6 is 0 Å². The van der Waals surface area contributed by atoms with Crippen LogP contribution < -0.4 is 0 Å². The van der Waals surface area contributed by atoms with Crippen LogP contribution in [0.1, 0.15) is 25.7 Å². The number of esters is 1. The van der Waals surface area contributed by atoms with E-state index in [1.165, 1.54) is 7.11 Å². The fraction of sp³-hybridized carbons (Fsp3) is 0.833. The van der Waals surface area contributed by atoms with Crippen LogP contribution in [0.2, 0.25) is 0 Å². The number of amides is 1. The molecule has 1 aliphatic heterocycles. The van der Waals surface area contributed by atoms with Crippen LogP contribution in [0.5, 0.6) is 0 Å². The fourth-order valence-electron chi connectivity index (χ4n) is 2.12. The Labute approximate surface area is 114 Å². The molecule has 1 unspecified atom stereocenters. The molecule has 0 aliphatic carbocycles. The summed E-state index contributed by atoms with van der Waals surface area (Å²) in [6.45, 7) is 0.480. The third kappa shape index (κ3) is 5.59. The summed E-state index contributed by atoms with van der Waals surface area (Å²) in [4.78, 5) is 24.3. The van der Waals surface area contributed by atoms with Crippen molar-refractivity contribution in [2.24, 2.45) is 5.92 Å². The number of hydrogen-bond acceptors (Lipinski definition) is 5. The van der Waals surface area contributed by atoms with Crippen LogP contribution in [0.3, 0.4) is 0 Å². The zero-order valence-corrected chi connectivity index (χ0v) is 12.2. The minimum atomic E-state index is -2.93. The van der Waals surface area contributed by atoms with Crippen molar-refractivity contribution in [3.05, 3.63) is 0 Å². The predicted molar refractivity (Wildman–Crippen MR) is 70.3 cm³/mol. The molecule has 110 valence electrons. The van der Waals surface area contributed by atoms with Crippen LogP contribution in [-0.4, -0.2) is 57.4 Å². The summed E-state index contributed by atoms with van der Waals surface area (Å²) in [5, 5.41) is 0. The highest BCUT2D eigenvalue weighted by atomic mass is 32.2. The monoisotopic (exact) mass is 291 g/mol. The molecule has 7 heteroatoms.